The lowest BCUT2D eigenvalue weighted by Gasteiger charge is -2.38. The van der Waals surface area contributed by atoms with Crippen LogP contribution in [0.15, 0.2) is 11.4 Å². The molecule has 1 atom stereocenters. The lowest BCUT2D eigenvalue weighted by atomic mass is 9.86. The highest BCUT2D eigenvalue weighted by molar-refractivity contribution is 7.10. The lowest BCUT2D eigenvalue weighted by molar-refractivity contribution is -0.0623. The summed E-state index contributed by atoms with van der Waals surface area (Å²) in [6.07, 6.45) is 4.97. The van der Waals surface area contributed by atoms with Gasteiger partial charge in [-0.05, 0) is 50.2 Å². The predicted molar refractivity (Wildman–Crippen MR) is 78.3 cm³/mol. The number of likely N-dealkylation sites (N-methyl/N-ethyl adjacent to an activating group) is 1. The monoisotopic (exact) mass is 267 g/mol. The van der Waals surface area contributed by atoms with Crippen molar-refractivity contribution < 1.29 is 4.74 Å². The second kappa shape index (κ2) is 6.18. The summed E-state index contributed by atoms with van der Waals surface area (Å²) in [6, 6.07) is 2.63. The van der Waals surface area contributed by atoms with Crippen molar-refractivity contribution in [3.63, 3.8) is 0 Å². The molecule has 0 saturated heterocycles. The van der Waals surface area contributed by atoms with Gasteiger partial charge in [0.1, 0.15) is 0 Å². The molecule has 0 spiro atoms. The number of aryl methyl sites for hydroxylation is 1. The molecule has 0 bridgehead atoms. The minimum atomic E-state index is 0.0244. The van der Waals surface area contributed by atoms with Crippen LogP contribution in [0.3, 0.4) is 0 Å². The van der Waals surface area contributed by atoms with Crippen molar-refractivity contribution in [2.45, 2.75) is 58.1 Å². The van der Waals surface area contributed by atoms with Crippen molar-refractivity contribution in [2.24, 2.45) is 0 Å². The molecule has 1 aromatic heterocycles. The zero-order chi connectivity index (χ0) is 13.0. The lowest BCUT2D eigenvalue weighted by Crippen LogP contribution is -2.44. The Kier molecular flexibility index (Phi) is 4.82. The van der Waals surface area contributed by atoms with E-state index in [9.17, 15) is 0 Å². The van der Waals surface area contributed by atoms with E-state index >= 15 is 0 Å². The molecule has 2 nitrogen and oxygen atoms in total. The van der Waals surface area contributed by atoms with E-state index in [1.54, 1.807) is 0 Å². The molecule has 1 aliphatic carbocycles. The maximum Gasteiger partial charge on any atom is 0.0876 e. The zero-order valence-electron chi connectivity index (χ0n) is 11.8. The Morgan fingerprint density at radius 1 is 1.39 bits per heavy atom. The van der Waals surface area contributed by atoms with Gasteiger partial charge in [0.05, 0.1) is 11.6 Å². The number of thiophene rings is 1. The fraction of sp³-hybridized carbons (Fsp3) is 0.733. The summed E-state index contributed by atoms with van der Waals surface area (Å²) in [5.74, 6) is 0. The van der Waals surface area contributed by atoms with Gasteiger partial charge in [-0.1, -0.05) is 19.8 Å². The van der Waals surface area contributed by atoms with Crippen LogP contribution in [0.25, 0.3) is 0 Å². The second-order valence-electron chi connectivity index (χ2n) is 5.13. The smallest absolute Gasteiger partial charge is 0.0876 e. The third-order valence-electron chi connectivity index (χ3n) is 4.03. The van der Waals surface area contributed by atoms with Gasteiger partial charge in [-0.2, -0.15) is 0 Å². The average Bonchev–Trinajstić information content (AvgIpc) is 2.97. The standard InChI is InChI=1S/C15H25NOS/c1-4-16-14(13-8-11-18-12(13)3)15(17-5-2)9-6-7-10-15/h8,11,14,16H,4-7,9-10H2,1-3H3. The molecular weight excluding hydrogens is 242 g/mol. The van der Waals surface area contributed by atoms with Gasteiger partial charge >= 0.3 is 0 Å². The van der Waals surface area contributed by atoms with Crippen molar-refractivity contribution in [3.8, 4) is 0 Å². The normalized spacial score (nSPS) is 20.2. The highest BCUT2D eigenvalue weighted by Crippen LogP contribution is 2.44. The minimum absolute atomic E-state index is 0.0244. The molecular formula is C15H25NOS. The summed E-state index contributed by atoms with van der Waals surface area (Å²) in [7, 11) is 0. The number of ether oxygens (including phenoxy) is 1. The molecule has 0 radical (unpaired) electrons. The van der Waals surface area contributed by atoms with Crippen LogP contribution in [-0.2, 0) is 4.74 Å². The Morgan fingerprint density at radius 2 is 2.11 bits per heavy atom. The van der Waals surface area contributed by atoms with E-state index < -0.39 is 0 Å². The molecule has 102 valence electrons. The number of hydrogen-bond acceptors (Lipinski definition) is 3. The van der Waals surface area contributed by atoms with Crippen LogP contribution in [0.1, 0.15) is 56.0 Å². The summed E-state index contributed by atoms with van der Waals surface area (Å²) in [4.78, 5) is 1.42. The van der Waals surface area contributed by atoms with Crippen LogP contribution < -0.4 is 5.32 Å². The predicted octanol–water partition coefficient (Wildman–Crippen LogP) is 4.06. The van der Waals surface area contributed by atoms with Gasteiger partial charge in [0, 0.05) is 11.5 Å². The minimum Gasteiger partial charge on any atom is -0.373 e. The first-order chi connectivity index (χ1) is 8.73. The van der Waals surface area contributed by atoms with Crippen molar-refractivity contribution in [3.05, 3.63) is 21.9 Å². The Hall–Kier alpha value is -0.380. The molecule has 0 aliphatic heterocycles. The molecule has 3 heteroatoms. The van der Waals surface area contributed by atoms with Crippen LogP contribution in [0, 0.1) is 6.92 Å². The van der Waals surface area contributed by atoms with Crippen LogP contribution in [-0.4, -0.2) is 18.8 Å². The second-order valence-corrected chi connectivity index (χ2v) is 6.25. The summed E-state index contributed by atoms with van der Waals surface area (Å²) < 4.78 is 6.23. The van der Waals surface area contributed by atoms with Gasteiger partial charge in [-0.3, -0.25) is 0 Å². The fourth-order valence-electron chi connectivity index (χ4n) is 3.26. The van der Waals surface area contributed by atoms with Crippen molar-refractivity contribution in [1.82, 2.24) is 5.32 Å². The van der Waals surface area contributed by atoms with Crippen LogP contribution in [0.5, 0.6) is 0 Å². The first-order valence-corrected chi connectivity index (χ1v) is 8.03. The van der Waals surface area contributed by atoms with E-state index in [1.807, 2.05) is 11.3 Å². The van der Waals surface area contributed by atoms with Crippen LogP contribution in [0.4, 0.5) is 0 Å². The molecule has 0 aromatic carbocycles. The molecule has 1 aromatic rings. The van der Waals surface area contributed by atoms with Crippen molar-refractivity contribution in [1.29, 1.82) is 0 Å². The number of nitrogens with one attached hydrogen (secondary N) is 1. The molecule has 1 N–H and O–H groups in total. The molecule has 1 heterocycles. The maximum absolute atomic E-state index is 6.23. The average molecular weight is 267 g/mol. The molecule has 1 fully saturated rings. The summed E-state index contributed by atoms with van der Waals surface area (Å²) in [5, 5.41) is 5.87. The van der Waals surface area contributed by atoms with Gasteiger partial charge in [-0.15, -0.1) is 11.3 Å². The van der Waals surface area contributed by atoms with Gasteiger partial charge < -0.3 is 10.1 Å². The van der Waals surface area contributed by atoms with Gasteiger partial charge in [0.15, 0.2) is 0 Å². The fourth-order valence-corrected chi connectivity index (χ4v) is 4.00. The summed E-state index contributed by atoms with van der Waals surface area (Å²) >= 11 is 1.84. The molecule has 0 amide bonds. The molecule has 1 unspecified atom stereocenters. The first kappa shape index (κ1) is 14.0. The molecule has 1 saturated carbocycles. The molecule has 18 heavy (non-hydrogen) atoms. The number of hydrogen-bond donors (Lipinski definition) is 1. The van der Waals surface area contributed by atoms with Crippen molar-refractivity contribution in [2.75, 3.05) is 13.2 Å². The SMILES string of the molecule is CCNC(c1ccsc1C)C1(OCC)CCCC1. The van der Waals surface area contributed by atoms with E-state index in [2.05, 4.69) is 37.5 Å². The van der Waals surface area contributed by atoms with Crippen LogP contribution >= 0.6 is 11.3 Å². The Balaban J connectivity index is 2.30. The largest absolute Gasteiger partial charge is 0.373 e. The highest BCUT2D eigenvalue weighted by Gasteiger charge is 2.43. The highest BCUT2D eigenvalue weighted by atomic mass is 32.1. The quantitative estimate of drug-likeness (QED) is 0.839. The van der Waals surface area contributed by atoms with Gasteiger partial charge in [-0.25, -0.2) is 0 Å². The van der Waals surface area contributed by atoms with E-state index in [4.69, 9.17) is 4.74 Å². The Labute approximate surface area is 115 Å². The molecule has 1 aliphatic rings. The first-order valence-electron chi connectivity index (χ1n) is 7.15. The topological polar surface area (TPSA) is 21.3 Å². The third-order valence-corrected chi connectivity index (χ3v) is 4.89. The Bertz CT molecular complexity index is 368. The summed E-state index contributed by atoms with van der Waals surface area (Å²) in [6.45, 7) is 8.33. The van der Waals surface area contributed by atoms with Gasteiger partial charge in [0.2, 0.25) is 0 Å². The van der Waals surface area contributed by atoms with E-state index in [1.165, 1.54) is 36.1 Å². The van der Waals surface area contributed by atoms with Crippen molar-refractivity contribution >= 4 is 11.3 Å². The Morgan fingerprint density at radius 3 is 2.61 bits per heavy atom. The molecule has 2 rings (SSSR count). The van der Waals surface area contributed by atoms with Gasteiger partial charge in [0.25, 0.3) is 0 Å². The van der Waals surface area contributed by atoms with E-state index in [0.717, 1.165) is 13.2 Å². The maximum atomic E-state index is 6.23. The van der Waals surface area contributed by atoms with E-state index in [-0.39, 0.29) is 5.60 Å². The van der Waals surface area contributed by atoms with Crippen LogP contribution in [0.2, 0.25) is 0 Å². The van der Waals surface area contributed by atoms with E-state index in [0.29, 0.717) is 6.04 Å². The number of rotatable bonds is 6. The third kappa shape index (κ3) is 2.63. The zero-order valence-corrected chi connectivity index (χ0v) is 12.6. The summed E-state index contributed by atoms with van der Waals surface area (Å²) in [5.41, 5.74) is 1.47.